The second-order valence-corrected chi connectivity index (χ2v) is 6.99. The highest BCUT2D eigenvalue weighted by molar-refractivity contribution is 9.10. The fourth-order valence-electron chi connectivity index (χ4n) is 2.56. The molecule has 3 rings (SSSR count). The Morgan fingerprint density at radius 1 is 0.935 bits per heavy atom. The maximum absolute atomic E-state index is 12.6. The van der Waals surface area contributed by atoms with Gasteiger partial charge >= 0.3 is 5.97 Å². The molecule has 0 fully saturated rings. The van der Waals surface area contributed by atoms with Crippen molar-refractivity contribution in [2.75, 3.05) is 14.2 Å². The molecule has 0 aliphatic rings. The molecule has 1 amide bonds. The van der Waals surface area contributed by atoms with Gasteiger partial charge in [0.1, 0.15) is 5.75 Å². The third kappa shape index (κ3) is 5.67. The fraction of sp³-hybridized carbons (Fsp3) is 0.0909. The van der Waals surface area contributed by atoms with Crippen molar-refractivity contribution in [3.05, 3.63) is 82.1 Å². The van der Waals surface area contributed by atoms with Crippen LogP contribution in [-0.2, 0) is 0 Å². The number of carbonyl (C=O) groups is 2. The Morgan fingerprint density at radius 2 is 1.65 bits per heavy atom. The molecule has 8 nitrogen and oxygen atoms in total. The summed E-state index contributed by atoms with van der Waals surface area (Å²) in [6.45, 7) is 0. The molecular weight excluding hydrogens is 466 g/mol. The fourth-order valence-corrected chi connectivity index (χ4v) is 2.94. The number of benzene rings is 2. The van der Waals surface area contributed by atoms with Gasteiger partial charge in [0, 0.05) is 28.0 Å². The highest BCUT2D eigenvalue weighted by Crippen LogP contribution is 2.29. The summed E-state index contributed by atoms with van der Waals surface area (Å²) in [7, 11) is 2.99. The lowest BCUT2D eigenvalue weighted by Gasteiger charge is -2.11. The molecule has 0 saturated carbocycles. The number of nitrogens with zero attached hydrogens (tertiary/aromatic N) is 2. The molecule has 1 heterocycles. The number of nitrogens with one attached hydrogen (secondary N) is 1. The molecular formula is C22H18BrN3O5. The summed E-state index contributed by atoms with van der Waals surface area (Å²) in [6.07, 6.45) is 4.42. The number of aromatic nitrogens is 1. The van der Waals surface area contributed by atoms with Gasteiger partial charge in [-0.15, -0.1) is 0 Å². The van der Waals surface area contributed by atoms with Crippen LogP contribution in [0.25, 0.3) is 0 Å². The van der Waals surface area contributed by atoms with E-state index >= 15 is 0 Å². The van der Waals surface area contributed by atoms with Gasteiger partial charge in [-0.2, -0.15) is 5.10 Å². The first-order chi connectivity index (χ1) is 15.0. The van der Waals surface area contributed by atoms with Gasteiger partial charge in [0.15, 0.2) is 11.5 Å². The first-order valence-electron chi connectivity index (χ1n) is 8.99. The Kier molecular flexibility index (Phi) is 7.34. The van der Waals surface area contributed by atoms with Gasteiger partial charge in [0.2, 0.25) is 0 Å². The minimum atomic E-state index is -0.584. The predicted molar refractivity (Wildman–Crippen MR) is 118 cm³/mol. The van der Waals surface area contributed by atoms with Gasteiger partial charge in [-0.25, -0.2) is 10.2 Å². The first-order valence-corrected chi connectivity index (χ1v) is 9.78. The van der Waals surface area contributed by atoms with E-state index in [1.165, 1.54) is 38.9 Å². The molecule has 0 radical (unpaired) electrons. The summed E-state index contributed by atoms with van der Waals surface area (Å²) in [5.41, 5.74) is 3.61. The van der Waals surface area contributed by atoms with Crippen molar-refractivity contribution in [3.8, 4) is 17.2 Å². The molecule has 0 aliphatic heterocycles. The second-order valence-electron chi connectivity index (χ2n) is 6.08. The topological polar surface area (TPSA) is 99.1 Å². The average Bonchev–Trinajstić information content (AvgIpc) is 2.80. The number of ether oxygens (including phenoxy) is 3. The Hall–Kier alpha value is -3.72. The van der Waals surface area contributed by atoms with Gasteiger partial charge in [-0.1, -0.05) is 15.9 Å². The summed E-state index contributed by atoms with van der Waals surface area (Å²) in [4.78, 5) is 28.6. The van der Waals surface area contributed by atoms with Crippen LogP contribution in [0.5, 0.6) is 17.2 Å². The lowest BCUT2D eigenvalue weighted by Crippen LogP contribution is -2.17. The summed E-state index contributed by atoms with van der Waals surface area (Å²) in [5.74, 6) is 0.204. The minimum Gasteiger partial charge on any atom is -0.493 e. The van der Waals surface area contributed by atoms with E-state index in [-0.39, 0.29) is 11.3 Å². The van der Waals surface area contributed by atoms with E-state index in [1.54, 1.807) is 42.5 Å². The summed E-state index contributed by atoms with van der Waals surface area (Å²) < 4.78 is 16.7. The van der Waals surface area contributed by atoms with Crippen LogP contribution in [0.4, 0.5) is 0 Å². The SMILES string of the molecule is COc1ccc(C(=O)Oc2ccc(Br)cc2/C=N\NC(=O)c2ccncc2)cc1OC. The smallest absolute Gasteiger partial charge is 0.343 e. The lowest BCUT2D eigenvalue weighted by atomic mass is 10.2. The average molecular weight is 484 g/mol. The van der Waals surface area contributed by atoms with Crippen molar-refractivity contribution in [2.45, 2.75) is 0 Å². The van der Waals surface area contributed by atoms with Crippen molar-refractivity contribution in [1.82, 2.24) is 10.4 Å². The van der Waals surface area contributed by atoms with E-state index in [1.807, 2.05) is 0 Å². The van der Waals surface area contributed by atoms with Crippen LogP contribution < -0.4 is 19.6 Å². The van der Waals surface area contributed by atoms with E-state index in [0.29, 0.717) is 22.6 Å². The zero-order valence-corrected chi connectivity index (χ0v) is 18.3. The van der Waals surface area contributed by atoms with Crippen LogP contribution in [0.3, 0.4) is 0 Å². The molecule has 31 heavy (non-hydrogen) atoms. The second kappa shape index (κ2) is 10.4. The number of esters is 1. The lowest BCUT2D eigenvalue weighted by molar-refractivity contribution is 0.0733. The van der Waals surface area contributed by atoms with Gasteiger partial charge in [0.25, 0.3) is 5.91 Å². The molecule has 9 heteroatoms. The molecule has 0 unspecified atom stereocenters. The Labute approximate surface area is 187 Å². The third-order valence-corrected chi connectivity index (χ3v) is 4.60. The molecule has 3 aromatic rings. The van der Waals surface area contributed by atoms with Crippen molar-refractivity contribution >= 4 is 34.0 Å². The number of amides is 1. The van der Waals surface area contributed by atoms with Gasteiger partial charge in [-0.3, -0.25) is 9.78 Å². The van der Waals surface area contributed by atoms with Crippen LogP contribution in [0, 0.1) is 0 Å². The molecule has 1 aromatic heterocycles. The monoisotopic (exact) mass is 483 g/mol. The molecule has 0 aliphatic carbocycles. The van der Waals surface area contributed by atoms with Crippen molar-refractivity contribution < 1.29 is 23.8 Å². The van der Waals surface area contributed by atoms with Crippen LogP contribution in [0.1, 0.15) is 26.3 Å². The largest absolute Gasteiger partial charge is 0.493 e. The highest BCUT2D eigenvalue weighted by atomic mass is 79.9. The van der Waals surface area contributed by atoms with Crippen molar-refractivity contribution in [3.63, 3.8) is 0 Å². The molecule has 158 valence electrons. The normalized spacial score (nSPS) is 10.5. The van der Waals surface area contributed by atoms with Crippen LogP contribution >= 0.6 is 15.9 Å². The number of hydrogen-bond donors (Lipinski definition) is 1. The number of halogens is 1. The van der Waals surface area contributed by atoms with E-state index in [0.717, 1.165) is 4.47 Å². The number of rotatable bonds is 7. The number of hydrogen-bond acceptors (Lipinski definition) is 7. The first kappa shape index (κ1) is 22.0. The molecule has 1 N–H and O–H groups in total. The van der Waals surface area contributed by atoms with Gasteiger partial charge in [0.05, 0.1) is 26.0 Å². The molecule has 0 bridgehead atoms. The van der Waals surface area contributed by atoms with Crippen molar-refractivity contribution in [2.24, 2.45) is 5.10 Å². The number of pyridine rings is 1. The molecule has 0 spiro atoms. The van der Waals surface area contributed by atoms with Gasteiger partial charge in [-0.05, 0) is 48.5 Å². The standard InChI is InChI=1S/C22H18BrN3O5/c1-29-19-5-3-15(12-20(19)30-2)22(28)31-18-6-4-17(23)11-16(18)13-25-26-21(27)14-7-9-24-10-8-14/h3-13H,1-2H3,(H,26,27)/b25-13-. The zero-order valence-electron chi connectivity index (χ0n) is 16.7. The molecule has 0 atom stereocenters. The summed E-state index contributed by atoms with van der Waals surface area (Å²) in [6, 6.07) is 12.9. The van der Waals surface area contributed by atoms with Crippen LogP contribution in [-0.4, -0.2) is 37.3 Å². The van der Waals surface area contributed by atoms with Crippen LogP contribution in [0.15, 0.2) is 70.5 Å². The minimum absolute atomic E-state index is 0.268. The molecule has 2 aromatic carbocycles. The Balaban J connectivity index is 1.77. The number of hydrazone groups is 1. The van der Waals surface area contributed by atoms with E-state index in [2.05, 4.69) is 31.4 Å². The van der Waals surface area contributed by atoms with Crippen LogP contribution in [0.2, 0.25) is 0 Å². The predicted octanol–water partition coefficient (Wildman–Crippen LogP) is 3.84. The van der Waals surface area contributed by atoms with E-state index in [9.17, 15) is 9.59 Å². The maximum Gasteiger partial charge on any atom is 0.343 e. The third-order valence-electron chi connectivity index (χ3n) is 4.11. The number of carbonyl (C=O) groups excluding carboxylic acids is 2. The summed E-state index contributed by atoms with van der Waals surface area (Å²) >= 11 is 3.37. The molecule has 0 saturated heterocycles. The van der Waals surface area contributed by atoms with E-state index in [4.69, 9.17) is 14.2 Å². The van der Waals surface area contributed by atoms with Gasteiger partial charge < -0.3 is 14.2 Å². The highest BCUT2D eigenvalue weighted by Gasteiger charge is 2.15. The van der Waals surface area contributed by atoms with Crippen molar-refractivity contribution in [1.29, 1.82) is 0 Å². The Morgan fingerprint density at radius 3 is 2.35 bits per heavy atom. The van der Waals surface area contributed by atoms with E-state index < -0.39 is 11.9 Å². The summed E-state index contributed by atoms with van der Waals surface area (Å²) in [5, 5.41) is 3.96. The zero-order chi connectivity index (χ0) is 22.2. The quantitative estimate of drug-likeness (QED) is 0.237. The Bertz CT molecular complexity index is 1120. The number of methoxy groups -OCH3 is 2. The maximum atomic E-state index is 12.6.